The number of rotatable bonds is 7. The van der Waals surface area contributed by atoms with Crippen molar-refractivity contribution in [3.05, 3.63) is 43.0 Å². The lowest BCUT2D eigenvalue weighted by atomic mass is 10.1. The Morgan fingerprint density at radius 3 is 2.84 bits per heavy atom. The first kappa shape index (κ1) is 17.0. The molecule has 0 bridgehead atoms. The Bertz CT molecular complexity index is 712. The van der Waals surface area contributed by atoms with Gasteiger partial charge < -0.3 is 19.5 Å². The molecular weight excluding hydrogens is 320 g/mol. The Balaban J connectivity index is 1.53. The Labute approximate surface area is 146 Å². The first-order valence-electron chi connectivity index (χ1n) is 8.44. The molecule has 1 aromatic carbocycles. The van der Waals surface area contributed by atoms with Gasteiger partial charge in [-0.3, -0.25) is 9.59 Å². The van der Waals surface area contributed by atoms with Crippen LogP contribution in [0.4, 0.5) is 5.69 Å². The summed E-state index contributed by atoms with van der Waals surface area (Å²) in [5.74, 6) is 0.342. The fraction of sp³-hybridized carbons (Fsp3) is 0.389. The van der Waals surface area contributed by atoms with Crippen molar-refractivity contribution in [2.45, 2.75) is 19.9 Å². The molecular formula is C18H22N4O3. The summed E-state index contributed by atoms with van der Waals surface area (Å²) in [5.41, 5.74) is 0.794. The Morgan fingerprint density at radius 1 is 1.36 bits per heavy atom. The molecule has 1 aliphatic rings. The zero-order valence-corrected chi connectivity index (χ0v) is 14.2. The maximum Gasteiger partial charge on any atom is 0.227 e. The molecule has 0 saturated carbocycles. The highest BCUT2D eigenvalue weighted by Gasteiger charge is 2.34. The van der Waals surface area contributed by atoms with Gasteiger partial charge in [0.1, 0.15) is 5.75 Å². The van der Waals surface area contributed by atoms with E-state index in [9.17, 15) is 9.59 Å². The van der Waals surface area contributed by atoms with Gasteiger partial charge in [0.05, 0.1) is 18.9 Å². The number of nitrogens with one attached hydrogen (secondary N) is 1. The van der Waals surface area contributed by atoms with E-state index in [0.717, 1.165) is 11.4 Å². The zero-order valence-electron chi connectivity index (χ0n) is 14.2. The second-order valence-electron chi connectivity index (χ2n) is 5.92. The molecule has 2 heterocycles. The fourth-order valence-corrected chi connectivity index (χ4v) is 2.89. The van der Waals surface area contributed by atoms with Gasteiger partial charge in [-0.2, -0.15) is 0 Å². The van der Waals surface area contributed by atoms with Crippen molar-refractivity contribution in [1.82, 2.24) is 14.9 Å². The number of carbonyl (C=O) groups is 2. The molecule has 0 aliphatic carbocycles. The molecule has 2 amide bonds. The van der Waals surface area contributed by atoms with Crippen LogP contribution in [0.25, 0.3) is 0 Å². The number of nitrogens with zero attached hydrogens (tertiary/aromatic N) is 3. The lowest BCUT2D eigenvalue weighted by molar-refractivity contribution is -0.126. The number of carbonyl (C=O) groups excluding carboxylic acids is 2. The zero-order chi connectivity index (χ0) is 17.6. The number of anilines is 1. The van der Waals surface area contributed by atoms with Crippen molar-refractivity contribution in [1.29, 1.82) is 0 Å². The van der Waals surface area contributed by atoms with Crippen molar-refractivity contribution in [3.8, 4) is 5.75 Å². The largest absolute Gasteiger partial charge is 0.494 e. The van der Waals surface area contributed by atoms with Gasteiger partial charge in [-0.05, 0) is 31.2 Å². The van der Waals surface area contributed by atoms with E-state index in [1.54, 1.807) is 17.4 Å². The number of hydrogen-bond donors (Lipinski definition) is 1. The minimum absolute atomic E-state index is 0.0288. The Morgan fingerprint density at radius 2 is 2.16 bits per heavy atom. The summed E-state index contributed by atoms with van der Waals surface area (Å²) in [4.78, 5) is 30.2. The van der Waals surface area contributed by atoms with Crippen molar-refractivity contribution in [3.63, 3.8) is 0 Å². The van der Waals surface area contributed by atoms with Gasteiger partial charge in [0.2, 0.25) is 11.8 Å². The van der Waals surface area contributed by atoms with Crippen LogP contribution in [0, 0.1) is 5.92 Å². The van der Waals surface area contributed by atoms with Gasteiger partial charge in [0.25, 0.3) is 0 Å². The Kier molecular flexibility index (Phi) is 5.33. The van der Waals surface area contributed by atoms with Gasteiger partial charge in [0.15, 0.2) is 0 Å². The summed E-state index contributed by atoms with van der Waals surface area (Å²) >= 11 is 0. The molecule has 3 rings (SSSR count). The smallest absolute Gasteiger partial charge is 0.227 e. The summed E-state index contributed by atoms with van der Waals surface area (Å²) in [6, 6.07) is 7.37. The second-order valence-corrected chi connectivity index (χ2v) is 5.92. The average molecular weight is 342 g/mol. The van der Waals surface area contributed by atoms with Crippen molar-refractivity contribution >= 4 is 17.5 Å². The third-order valence-corrected chi connectivity index (χ3v) is 4.18. The van der Waals surface area contributed by atoms with Crippen LogP contribution in [0.15, 0.2) is 43.0 Å². The summed E-state index contributed by atoms with van der Waals surface area (Å²) in [6.07, 6.45) is 5.49. The molecule has 1 unspecified atom stereocenters. The van der Waals surface area contributed by atoms with Crippen LogP contribution in [-0.2, 0) is 16.1 Å². The van der Waals surface area contributed by atoms with Crippen LogP contribution >= 0.6 is 0 Å². The molecule has 0 radical (unpaired) electrons. The molecule has 2 aromatic rings. The lowest BCUT2D eigenvalue weighted by Crippen LogP contribution is -2.34. The number of ether oxygens (including phenoxy) is 1. The van der Waals surface area contributed by atoms with Crippen LogP contribution in [-0.4, -0.2) is 41.1 Å². The van der Waals surface area contributed by atoms with E-state index in [2.05, 4.69) is 10.3 Å². The minimum atomic E-state index is -0.318. The van der Waals surface area contributed by atoms with Crippen LogP contribution in [0.3, 0.4) is 0 Å². The lowest BCUT2D eigenvalue weighted by Gasteiger charge is -2.17. The topological polar surface area (TPSA) is 76.5 Å². The van der Waals surface area contributed by atoms with Gasteiger partial charge in [0, 0.05) is 44.1 Å². The van der Waals surface area contributed by atoms with Crippen LogP contribution in [0.2, 0.25) is 0 Å². The fourth-order valence-electron chi connectivity index (χ4n) is 2.89. The first-order valence-corrected chi connectivity index (χ1v) is 8.44. The molecule has 25 heavy (non-hydrogen) atoms. The highest BCUT2D eigenvalue weighted by molar-refractivity contribution is 6.00. The number of benzene rings is 1. The third-order valence-electron chi connectivity index (χ3n) is 4.18. The number of aromatic nitrogens is 2. The normalized spacial score (nSPS) is 16.9. The van der Waals surface area contributed by atoms with Gasteiger partial charge in [-0.25, -0.2) is 4.98 Å². The number of amides is 2. The van der Waals surface area contributed by atoms with Crippen molar-refractivity contribution in [2.75, 3.05) is 24.6 Å². The van der Waals surface area contributed by atoms with Crippen molar-refractivity contribution in [2.24, 2.45) is 5.92 Å². The quantitative estimate of drug-likeness (QED) is 0.826. The van der Waals surface area contributed by atoms with E-state index in [4.69, 9.17) is 4.74 Å². The number of hydrogen-bond acceptors (Lipinski definition) is 4. The standard InChI is InChI=1S/C18H22N4O3/c1-2-25-16-5-3-15(4-6-16)22-12-14(11-17(22)23)18(24)20-8-10-21-9-7-19-13-21/h3-7,9,13-14H,2,8,10-12H2,1H3,(H,20,24). The molecule has 1 fully saturated rings. The molecule has 1 N–H and O–H groups in total. The predicted octanol–water partition coefficient (Wildman–Crippen LogP) is 1.45. The summed E-state index contributed by atoms with van der Waals surface area (Å²) < 4.78 is 7.31. The molecule has 132 valence electrons. The van der Waals surface area contributed by atoms with E-state index >= 15 is 0 Å². The summed E-state index contributed by atoms with van der Waals surface area (Å²) in [6.45, 7) is 4.11. The summed E-state index contributed by atoms with van der Waals surface area (Å²) in [5, 5.41) is 2.89. The number of imidazole rings is 1. The highest BCUT2D eigenvalue weighted by Crippen LogP contribution is 2.27. The van der Waals surface area contributed by atoms with Crippen LogP contribution < -0.4 is 15.0 Å². The van der Waals surface area contributed by atoms with E-state index in [1.807, 2.05) is 42.0 Å². The Hall–Kier alpha value is -2.83. The van der Waals surface area contributed by atoms with E-state index in [-0.39, 0.29) is 24.2 Å². The molecule has 1 aromatic heterocycles. The molecule has 1 atom stereocenters. The predicted molar refractivity (Wildman–Crippen MR) is 93.3 cm³/mol. The van der Waals surface area contributed by atoms with Crippen molar-refractivity contribution < 1.29 is 14.3 Å². The molecule has 0 spiro atoms. The van der Waals surface area contributed by atoms with Crippen LogP contribution in [0.5, 0.6) is 5.75 Å². The van der Waals surface area contributed by atoms with Gasteiger partial charge in [-0.1, -0.05) is 0 Å². The van der Waals surface area contributed by atoms with E-state index < -0.39 is 0 Å². The monoisotopic (exact) mass is 342 g/mol. The van der Waals surface area contributed by atoms with Gasteiger partial charge >= 0.3 is 0 Å². The molecule has 1 aliphatic heterocycles. The average Bonchev–Trinajstić information content (AvgIpc) is 3.26. The first-order chi connectivity index (χ1) is 12.2. The van der Waals surface area contributed by atoms with E-state index in [1.165, 1.54) is 0 Å². The summed E-state index contributed by atoms with van der Waals surface area (Å²) in [7, 11) is 0. The maximum atomic E-state index is 12.3. The third kappa shape index (κ3) is 4.17. The molecule has 7 nitrogen and oxygen atoms in total. The minimum Gasteiger partial charge on any atom is -0.494 e. The highest BCUT2D eigenvalue weighted by atomic mass is 16.5. The molecule has 7 heteroatoms. The SMILES string of the molecule is CCOc1ccc(N2CC(C(=O)NCCn3ccnc3)CC2=O)cc1. The van der Waals surface area contributed by atoms with Crippen LogP contribution in [0.1, 0.15) is 13.3 Å². The second kappa shape index (κ2) is 7.83. The van der Waals surface area contributed by atoms with Gasteiger partial charge in [-0.15, -0.1) is 0 Å². The van der Waals surface area contributed by atoms with E-state index in [0.29, 0.717) is 26.2 Å². The maximum absolute atomic E-state index is 12.3. The molecule has 1 saturated heterocycles.